The Bertz CT molecular complexity index is 603. The van der Waals surface area contributed by atoms with Crippen molar-refractivity contribution >= 4 is 17.5 Å². The summed E-state index contributed by atoms with van der Waals surface area (Å²) in [6, 6.07) is 7.28. The SMILES string of the molecule is C#Cc1cccc(N(CC(=O)NC)CC(=O)N2CCOCC2)c1. The van der Waals surface area contributed by atoms with Gasteiger partial charge in [-0.05, 0) is 18.2 Å². The number of nitrogens with one attached hydrogen (secondary N) is 1. The predicted molar refractivity (Wildman–Crippen MR) is 88.1 cm³/mol. The first-order chi connectivity index (χ1) is 11.1. The zero-order chi connectivity index (χ0) is 16.7. The number of amides is 2. The van der Waals surface area contributed by atoms with Crippen LogP contribution in [0.25, 0.3) is 0 Å². The zero-order valence-electron chi connectivity index (χ0n) is 13.2. The van der Waals surface area contributed by atoms with Gasteiger partial charge in [-0.2, -0.15) is 0 Å². The summed E-state index contributed by atoms with van der Waals surface area (Å²) in [5, 5.41) is 2.58. The number of hydrogen-bond donors (Lipinski definition) is 1. The Morgan fingerprint density at radius 3 is 2.74 bits per heavy atom. The van der Waals surface area contributed by atoms with E-state index in [1.807, 2.05) is 18.2 Å². The Kier molecular flexibility index (Phi) is 6.01. The molecular formula is C17H21N3O3. The fourth-order valence-corrected chi connectivity index (χ4v) is 2.36. The fraction of sp³-hybridized carbons (Fsp3) is 0.412. The van der Waals surface area contributed by atoms with Crippen molar-refractivity contribution in [2.24, 2.45) is 0 Å². The quantitative estimate of drug-likeness (QED) is 0.782. The highest BCUT2D eigenvalue weighted by atomic mass is 16.5. The Morgan fingerprint density at radius 2 is 2.09 bits per heavy atom. The minimum absolute atomic E-state index is 0.0247. The van der Waals surface area contributed by atoms with Crippen molar-refractivity contribution in [1.82, 2.24) is 10.2 Å². The second-order valence-electron chi connectivity index (χ2n) is 5.22. The maximum Gasteiger partial charge on any atom is 0.242 e. The summed E-state index contributed by atoms with van der Waals surface area (Å²) in [4.78, 5) is 27.7. The molecule has 1 aromatic rings. The third-order valence-electron chi connectivity index (χ3n) is 3.68. The summed E-state index contributed by atoms with van der Waals surface area (Å²) in [6.07, 6.45) is 5.43. The molecular weight excluding hydrogens is 294 g/mol. The highest BCUT2D eigenvalue weighted by Crippen LogP contribution is 2.16. The first-order valence-corrected chi connectivity index (χ1v) is 7.51. The molecule has 6 nitrogen and oxygen atoms in total. The van der Waals surface area contributed by atoms with Crippen LogP contribution in [-0.4, -0.2) is 63.2 Å². The third kappa shape index (κ3) is 4.73. The van der Waals surface area contributed by atoms with Crippen molar-refractivity contribution in [2.45, 2.75) is 0 Å². The molecule has 1 N–H and O–H groups in total. The van der Waals surface area contributed by atoms with Gasteiger partial charge in [-0.15, -0.1) is 6.42 Å². The number of hydrogen-bond acceptors (Lipinski definition) is 4. The number of carbonyl (C=O) groups excluding carboxylic acids is 2. The summed E-state index contributed by atoms with van der Waals surface area (Å²) < 4.78 is 5.26. The number of morpholine rings is 1. The van der Waals surface area contributed by atoms with Gasteiger partial charge in [0.2, 0.25) is 11.8 Å². The zero-order valence-corrected chi connectivity index (χ0v) is 13.2. The van der Waals surface area contributed by atoms with Gasteiger partial charge in [0, 0.05) is 31.4 Å². The average molecular weight is 315 g/mol. The van der Waals surface area contributed by atoms with E-state index in [0.717, 1.165) is 5.69 Å². The lowest BCUT2D eigenvalue weighted by Crippen LogP contribution is -2.47. The van der Waals surface area contributed by atoms with Gasteiger partial charge >= 0.3 is 0 Å². The van der Waals surface area contributed by atoms with Gasteiger partial charge in [0.1, 0.15) is 0 Å². The Hall–Kier alpha value is -2.52. The topological polar surface area (TPSA) is 61.9 Å². The molecule has 0 unspecified atom stereocenters. The molecule has 0 aromatic heterocycles. The van der Waals surface area contributed by atoms with E-state index in [1.54, 1.807) is 22.9 Å². The predicted octanol–water partition coefficient (Wildman–Crippen LogP) is 0.0791. The highest BCUT2D eigenvalue weighted by Gasteiger charge is 2.21. The van der Waals surface area contributed by atoms with E-state index in [9.17, 15) is 9.59 Å². The van der Waals surface area contributed by atoms with Crippen LogP contribution in [0.3, 0.4) is 0 Å². The van der Waals surface area contributed by atoms with Crippen molar-refractivity contribution in [3.8, 4) is 12.3 Å². The van der Waals surface area contributed by atoms with E-state index in [4.69, 9.17) is 11.2 Å². The smallest absolute Gasteiger partial charge is 0.242 e. The summed E-state index contributed by atoms with van der Waals surface area (Å²) in [7, 11) is 1.57. The fourth-order valence-electron chi connectivity index (χ4n) is 2.36. The number of nitrogens with zero attached hydrogens (tertiary/aromatic N) is 2. The van der Waals surface area contributed by atoms with Crippen molar-refractivity contribution in [3.63, 3.8) is 0 Å². The molecule has 0 radical (unpaired) electrons. The number of carbonyl (C=O) groups is 2. The average Bonchev–Trinajstić information content (AvgIpc) is 2.61. The van der Waals surface area contributed by atoms with E-state index in [0.29, 0.717) is 31.9 Å². The second kappa shape index (κ2) is 8.20. The molecule has 0 spiro atoms. The van der Waals surface area contributed by atoms with E-state index < -0.39 is 0 Å². The first-order valence-electron chi connectivity index (χ1n) is 7.51. The Labute approximate surface area is 136 Å². The monoisotopic (exact) mass is 315 g/mol. The summed E-state index contributed by atoms with van der Waals surface area (Å²) >= 11 is 0. The Morgan fingerprint density at radius 1 is 1.35 bits per heavy atom. The molecule has 1 saturated heterocycles. The lowest BCUT2D eigenvalue weighted by atomic mass is 10.2. The van der Waals surface area contributed by atoms with E-state index in [-0.39, 0.29) is 24.9 Å². The van der Waals surface area contributed by atoms with Gasteiger partial charge in [-0.3, -0.25) is 9.59 Å². The van der Waals surface area contributed by atoms with Gasteiger partial charge in [0.15, 0.2) is 0 Å². The van der Waals surface area contributed by atoms with Crippen LogP contribution in [0.4, 0.5) is 5.69 Å². The molecule has 0 atom stereocenters. The summed E-state index contributed by atoms with van der Waals surface area (Å²) in [5.41, 5.74) is 1.47. The van der Waals surface area contributed by atoms with Crippen LogP contribution in [0, 0.1) is 12.3 Å². The normalized spacial score (nSPS) is 14.0. The number of anilines is 1. The Balaban J connectivity index is 2.14. The van der Waals surface area contributed by atoms with Crippen LogP contribution >= 0.6 is 0 Å². The van der Waals surface area contributed by atoms with E-state index in [2.05, 4.69) is 11.2 Å². The molecule has 1 heterocycles. The van der Waals surface area contributed by atoms with Gasteiger partial charge in [-0.1, -0.05) is 12.0 Å². The third-order valence-corrected chi connectivity index (χ3v) is 3.68. The van der Waals surface area contributed by atoms with Crippen LogP contribution in [0.15, 0.2) is 24.3 Å². The molecule has 1 aliphatic rings. The highest BCUT2D eigenvalue weighted by molar-refractivity contribution is 5.86. The van der Waals surface area contributed by atoms with Crippen LogP contribution in [0.2, 0.25) is 0 Å². The maximum absolute atomic E-state index is 12.5. The van der Waals surface area contributed by atoms with E-state index >= 15 is 0 Å². The summed E-state index contributed by atoms with van der Waals surface area (Å²) in [5.74, 6) is 2.38. The molecule has 1 aromatic carbocycles. The van der Waals surface area contributed by atoms with E-state index in [1.165, 1.54) is 0 Å². The van der Waals surface area contributed by atoms with Crippen LogP contribution in [0.5, 0.6) is 0 Å². The van der Waals surface area contributed by atoms with Crippen molar-refractivity contribution in [2.75, 3.05) is 51.3 Å². The van der Waals surface area contributed by atoms with Crippen molar-refractivity contribution in [3.05, 3.63) is 29.8 Å². The molecule has 1 aliphatic heterocycles. The molecule has 1 fully saturated rings. The molecule has 0 aliphatic carbocycles. The number of ether oxygens (including phenoxy) is 1. The molecule has 0 saturated carbocycles. The van der Waals surface area contributed by atoms with Crippen molar-refractivity contribution < 1.29 is 14.3 Å². The minimum Gasteiger partial charge on any atom is -0.378 e. The maximum atomic E-state index is 12.5. The molecule has 0 bridgehead atoms. The largest absolute Gasteiger partial charge is 0.378 e. The molecule has 122 valence electrons. The van der Waals surface area contributed by atoms with Crippen LogP contribution < -0.4 is 10.2 Å². The number of benzene rings is 1. The van der Waals surface area contributed by atoms with Crippen LogP contribution in [0.1, 0.15) is 5.56 Å². The molecule has 23 heavy (non-hydrogen) atoms. The lowest BCUT2D eigenvalue weighted by Gasteiger charge is -2.30. The number of rotatable bonds is 5. The molecule has 2 amide bonds. The lowest BCUT2D eigenvalue weighted by molar-refractivity contribution is -0.133. The summed E-state index contributed by atoms with van der Waals surface area (Å²) in [6.45, 7) is 2.48. The van der Waals surface area contributed by atoms with Crippen molar-refractivity contribution in [1.29, 1.82) is 0 Å². The van der Waals surface area contributed by atoms with Gasteiger partial charge in [-0.25, -0.2) is 0 Å². The number of terminal acetylenes is 1. The second-order valence-corrected chi connectivity index (χ2v) is 5.22. The number of likely N-dealkylation sites (N-methyl/N-ethyl adjacent to an activating group) is 1. The van der Waals surface area contributed by atoms with Gasteiger partial charge in [0.05, 0.1) is 26.3 Å². The van der Waals surface area contributed by atoms with Gasteiger partial charge in [0.25, 0.3) is 0 Å². The van der Waals surface area contributed by atoms with Gasteiger partial charge < -0.3 is 19.9 Å². The molecule has 6 heteroatoms. The minimum atomic E-state index is -0.161. The standard InChI is InChI=1S/C17H21N3O3/c1-3-14-5-4-6-15(11-14)20(12-16(21)18-2)13-17(22)19-7-9-23-10-8-19/h1,4-6,11H,7-10,12-13H2,2H3,(H,18,21). The first kappa shape index (κ1) is 16.8. The van der Waals surface area contributed by atoms with Crippen LogP contribution in [-0.2, 0) is 14.3 Å². The molecule has 2 rings (SSSR count).